The first kappa shape index (κ1) is 18.9. The molecule has 1 heterocycles. The molecule has 1 N–H and O–H groups in total. The van der Waals surface area contributed by atoms with E-state index in [1.807, 2.05) is 36.4 Å². The van der Waals surface area contributed by atoms with Crippen molar-refractivity contribution in [3.05, 3.63) is 42.0 Å². The molecule has 132 valence electrons. The molecule has 0 radical (unpaired) electrons. The highest BCUT2D eigenvalue weighted by Gasteiger charge is 2.27. The number of alkyl halides is 2. The van der Waals surface area contributed by atoms with Gasteiger partial charge >= 0.3 is 0 Å². The molecule has 24 heavy (non-hydrogen) atoms. The summed E-state index contributed by atoms with van der Waals surface area (Å²) in [6.07, 6.45) is -2.47. The molecule has 1 aliphatic rings. The number of ether oxygens (including phenoxy) is 1. The molecule has 1 saturated heterocycles. The minimum Gasteiger partial charge on any atom is -0.496 e. The molecule has 0 aliphatic carbocycles. The summed E-state index contributed by atoms with van der Waals surface area (Å²) < 4.78 is 31.8. The third-order valence-electron chi connectivity index (χ3n) is 4.49. The van der Waals surface area contributed by atoms with Crippen LogP contribution in [0.3, 0.4) is 0 Å². The largest absolute Gasteiger partial charge is 0.496 e. The Morgan fingerprint density at radius 3 is 2.38 bits per heavy atom. The van der Waals surface area contributed by atoms with Crippen LogP contribution in [0.5, 0.6) is 5.75 Å². The van der Waals surface area contributed by atoms with Crippen molar-refractivity contribution in [1.29, 1.82) is 0 Å². The smallest absolute Gasteiger partial charge is 0.240 e. The Kier molecular flexibility index (Phi) is 6.78. The SMILES string of the molecule is COc1ccc([C@@H](CC(F)F)N2CCNCC2)c2ccccc12.Cl. The average Bonchev–Trinajstić information content (AvgIpc) is 2.59. The molecule has 1 atom stereocenters. The van der Waals surface area contributed by atoms with Crippen LogP contribution < -0.4 is 10.1 Å². The van der Waals surface area contributed by atoms with Crippen LogP contribution in [-0.2, 0) is 0 Å². The molecule has 1 fully saturated rings. The number of nitrogens with one attached hydrogen (secondary N) is 1. The van der Waals surface area contributed by atoms with E-state index >= 15 is 0 Å². The van der Waals surface area contributed by atoms with E-state index < -0.39 is 6.43 Å². The van der Waals surface area contributed by atoms with Gasteiger partial charge in [-0.05, 0) is 17.0 Å². The number of benzene rings is 2. The molecule has 0 unspecified atom stereocenters. The molecule has 0 bridgehead atoms. The van der Waals surface area contributed by atoms with Crippen molar-refractivity contribution < 1.29 is 13.5 Å². The molecule has 3 nitrogen and oxygen atoms in total. The lowest BCUT2D eigenvalue weighted by Crippen LogP contribution is -2.45. The zero-order valence-electron chi connectivity index (χ0n) is 13.7. The van der Waals surface area contributed by atoms with Gasteiger partial charge in [0.1, 0.15) is 5.75 Å². The fourth-order valence-electron chi connectivity index (χ4n) is 3.40. The first-order valence-corrected chi connectivity index (χ1v) is 7.99. The van der Waals surface area contributed by atoms with Gasteiger partial charge in [0, 0.05) is 44.0 Å². The molecule has 0 amide bonds. The lowest BCUT2D eigenvalue weighted by molar-refractivity contribution is 0.0744. The predicted octanol–water partition coefficient (Wildman–Crippen LogP) is 3.87. The molecular weight excluding hydrogens is 334 g/mol. The Labute approximate surface area is 147 Å². The van der Waals surface area contributed by atoms with E-state index in [4.69, 9.17) is 4.74 Å². The van der Waals surface area contributed by atoms with Crippen LogP contribution in [-0.4, -0.2) is 44.6 Å². The van der Waals surface area contributed by atoms with Crippen LogP contribution in [0.1, 0.15) is 18.0 Å². The van der Waals surface area contributed by atoms with E-state index in [0.717, 1.165) is 48.3 Å². The highest BCUT2D eigenvalue weighted by molar-refractivity contribution is 5.91. The standard InChI is InChI=1S/C18H22F2N2O.ClH/c1-23-17-7-6-14(13-4-2-3-5-15(13)17)16(12-18(19)20)22-10-8-21-9-11-22;/h2-7,16,18,21H,8-12H2,1H3;1H/t16-;/m1./s1. The maximum absolute atomic E-state index is 13.2. The lowest BCUT2D eigenvalue weighted by atomic mass is 9.94. The number of fused-ring (bicyclic) bond motifs is 1. The van der Waals surface area contributed by atoms with Crippen LogP contribution in [0.25, 0.3) is 10.8 Å². The summed E-state index contributed by atoms with van der Waals surface area (Å²) in [5.74, 6) is 0.778. The number of piperazine rings is 1. The molecule has 2 aromatic carbocycles. The minimum atomic E-state index is -2.32. The predicted molar refractivity (Wildman–Crippen MR) is 95.6 cm³/mol. The van der Waals surface area contributed by atoms with Gasteiger partial charge in [0.25, 0.3) is 0 Å². The van der Waals surface area contributed by atoms with Gasteiger partial charge in [0.05, 0.1) is 7.11 Å². The zero-order chi connectivity index (χ0) is 16.2. The third kappa shape index (κ3) is 3.97. The number of halogens is 3. The number of hydrogen-bond donors (Lipinski definition) is 1. The summed E-state index contributed by atoms with van der Waals surface area (Å²) >= 11 is 0. The van der Waals surface area contributed by atoms with Crippen LogP contribution in [0.15, 0.2) is 36.4 Å². The van der Waals surface area contributed by atoms with Crippen molar-refractivity contribution in [3.63, 3.8) is 0 Å². The van der Waals surface area contributed by atoms with E-state index in [2.05, 4.69) is 10.2 Å². The van der Waals surface area contributed by atoms with Crippen LogP contribution >= 0.6 is 12.4 Å². The van der Waals surface area contributed by atoms with E-state index in [-0.39, 0.29) is 24.9 Å². The third-order valence-corrected chi connectivity index (χ3v) is 4.49. The van der Waals surface area contributed by atoms with Gasteiger partial charge in [-0.3, -0.25) is 4.90 Å². The van der Waals surface area contributed by atoms with Crippen LogP contribution in [0.2, 0.25) is 0 Å². The first-order chi connectivity index (χ1) is 11.2. The van der Waals surface area contributed by atoms with Crippen LogP contribution in [0.4, 0.5) is 8.78 Å². The van der Waals surface area contributed by atoms with Gasteiger partial charge in [-0.1, -0.05) is 30.3 Å². The topological polar surface area (TPSA) is 24.5 Å². The summed E-state index contributed by atoms with van der Waals surface area (Å²) in [6, 6.07) is 11.4. The highest BCUT2D eigenvalue weighted by atomic mass is 35.5. The second-order valence-electron chi connectivity index (χ2n) is 5.83. The Bertz CT molecular complexity index is 663. The van der Waals surface area contributed by atoms with Crippen molar-refractivity contribution in [2.75, 3.05) is 33.3 Å². The summed E-state index contributed by atoms with van der Waals surface area (Å²) in [5.41, 5.74) is 0.962. The summed E-state index contributed by atoms with van der Waals surface area (Å²) in [4.78, 5) is 2.16. The zero-order valence-corrected chi connectivity index (χ0v) is 14.5. The maximum Gasteiger partial charge on any atom is 0.240 e. The number of nitrogens with zero attached hydrogens (tertiary/aromatic N) is 1. The molecule has 0 aromatic heterocycles. The van der Waals surface area contributed by atoms with Gasteiger partial charge in [0.2, 0.25) is 6.43 Å². The molecule has 6 heteroatoms. The van der Waals surface area contributed by atoms with Gasteiger partial charge in [0.15, 0.2) is 0 Å². The number of rotatable bonds is 5. The fraction of sp³-hybridized carbons (Fsp3) is 0.444. The molecule has 0 saturated carbocycles. The van der Waals surface area contributed by atoms with Crippen molar-refractivity contribution >= 4 is 23.2 Å². The van der Waals surface area contributed by atoms with Gasteiger partial charge in [-0.2, -0.15) is 0 Å². The van der Waals surface area contributed by atoms with Crippen molar-refractivity contribution in [3.8, 4) is 5.75 Å². The van der Waals surface area contributed by atoms with Crippen LogP contribution in [0, 0.1) is 0 Å². The Morgan fingerprint density at radius 1 is 1.08 bits per heavy atom. The highest BCUT2D eigenvalue weighted by Crippen LogP contribution is 2.36. The fourth-order valence-corrected chi connectivity index (χ4v) is 3.40. The van der Waals surface area contributed by atoms with E-state index in [1.165, 1.54) is 0 Å². The normalized spacial score (nSPS) is 16.8. The van der Waals surface area contributed by atoms with E-state index in [9.17, 15) is 8.78 Å². The Hall–Kier alpha value is -1.43. The first-order valence-electron chi connectivity index (χ1n) is 7.99. The Morgan fingerprint density at radius 2 is 1.75 bits per heavy atom. The maximum atomic E-state index is 13.2. The number of methoxy groups -OCH3 is 1. The molecule has 1 aliphatic heterocycles. The second kappa shape index (κ2) is 8.60. The summed E-state index contributed by atoms with van der Waals surface area (Å²) in [5, 5.41) is 5.25. The quantitative estimate of drug-likeness (QED) is 0.880. The van der Waals surface area contributed by atoms with Crippen molar-refractivity contribution in [2.45, 2.75) is 18.9 Å². The van der Waals surface area contributed by atoms with Gasteiger partial charge < -0.3 is 10.1 Å². The monoisotopic (exact) mass is 356 g/mol. The van der Waals surface area contributed by atoms with Gasteiger partial charge in [-0.15, -0.1) is 12.4 Å². The van der Waals surface area contributed by atoms with E-state index in [1.54, 1.807) is 7.11 Å². The second-order valence-corrected chi connectivity index (χ2v) is 5.83. The molecule has 3 rings (SSSR count). The van der Waals surface area contributed by atoms with E-state index in [0.29, 0.717) is 0 Å². The van der Waals surface area contributed by atoms with Crippen molar-refractivity contribution in [1.82, 2.24) is 10.2 Å². The number of hydrogen-bond acceptors (Lipinski definition) is 3. The molecule has 0 spiro atoms. The summed E-state index contributed by atoms with van der Waals surface area (Å²) in [6.45, 7) is 3.26. The van der Waals surface area contributed by atoms with Gasteiger partial charge in [-0.25, -0.2) is 8.78 Å². The average molecular weight is 357 g/mol. The molecular formula is C18H23ClF2N2O. The summed E-state index contributed by atoms with van der Waals surface area (Å²) in [7, 11) is 1.63. The lowest BCUT2D eigenvalue weighted by Gasteiger charge is -2.35. The minimum absolute atomic E-state index is 0. The van der Waals surface area contributed by atoms with Crippen molar-refractivity contribution in [2.24, 2.45) is 0 Å². The molecule has 2 aromatic rings. The Balaban J connectivity index is 0.00000208.